The van der Waals surface area contributed by atoms with Crippen LogP contribution >= 0.6 is 0 Å². The number of hydrogen-bond acceptors (Lipinski definition) is 1. The van der Waals surface area contributed by atoms with Gasteiger partial charge in [0.05, 0.1) is 11.4 Å². The molecule has 10 rings (SSSR count). The van der Waals surface area contributed by atoms with Gasteiger partial charge in [-0.25, -0.2) is 0 Å². The van der Waals surface area contributed by atoms with Gasteiger partial charge in [-0.2, -0.15) is 0 Å². The fourth-order valence-electron chi connectivity index (χ4n) is 8.50. The normalized spacial score (nSPS) is 11.1. The Kier molecular flexibility index (Phi) is 9.68. The summed E-state index contributed by atoms with van der Waals surface area (Å²) in [6.07, 6.45) is 0. The number of fused-ring (bicyclic) bond motifs is 1. The lowest BCUT2D eigenvalue weighted by Gasteiger charge is -2.31. The SMILES string of the molecule is c1ccc(-c2ccc(-c3ccccc3N(c3ccc(-c4cccc5ccccc45)cc3)c3cccc(-c4ccccc4)c3-c3ccccc3-c3ccccc3)cc2)cc1. The summed E-state index contributed by atoms with van der Waals surface area (Å²) >= 11 is 0. The Labute approximate surface area is 346 Å². The van der Waals surface area contributed by atoms with Crippen LogP contribution in [0.2, 0.25) is 0 Å². The molecular weight excluding hydrogens is 711 g/mol. The number of benzene rings is 10. The van der Waals surface area contributed by atoms with Gasteiger partial charge in [0, 0.05) is 16.8 Å². The van der Waals surface area contributed by atoms with Crippen molar-refractivity contribution in [2.45, 2.75) is 0 Å². The van der Waals surface area contributed by atoms with Crippen LogP contribution < -0.4 is 4.90 Å². The molecule has 0 heterocycles. The van der Waals surface area contributed by atoms with Crippen LogP contribution in [-0.4, -0.2) is 0 Å². The summed E-state index contributed by atoms with van der Waals surface area (Å²) in [5.41, 5.74) is 17.5. The number of anilines is 3. The number of para-hydroxylation sites is 1. The van der Waals surface area contributed by atoms with Crippen molar-refractivity contribution in [3.05, 3.63) is 249 Å². The molecule has 0 N–H and O–H groups in total. The van der Waals surface area contributed by atoms with E-state index in [0.717, 1.165) is 28.2 Å². The van der Waals surface area contributed by atoms with E-state index in [1.165, 1.54) is 66.4 Å². The second-order valence-electron chi connectivity index (χ2n) is 14.8. The zero-order chi connectivity index (χ0) is 39.4. The summed E-state index contributed by atoms with van der Waals surface area (Å²) in [4.78, 5) is 2.47. The first-order valence-electron chi connectivity index (χ1n) is 20.3. The van der Waals surface area contributed by atoms with Crippen molar-refractivity contribution in [1.29, 1.82) is 0 Å². The second-order valence-corrected chi connectivity index (χ2v) is 14.8. The molecule has 0 aliphatic carbocycles. The van der Waals surface area contributed by atoms with Gasteiger partial charge >= 0.3 is 0 Å². The van der Waals surface area contributed by atoms with E-state index in [4.69, 9.17) is 0 Å². The van der Waals surface area contributed by atoms with E-state index in [9.17, 15) is 0 Å². The van der Waals surface area contributed by atoms with Crippen LogP contribution in [0.3, 0.4) is 0 Å². The number of hydrogen-bond donors (Lipinski definition) is 0. The smallest absolute Gasteiger partial charge is 0.0546 e. The van der Waals surface area contributed by atoms with Gasteiger partial charge in [-0.15, -0.1) is 0 Å². The molecule has 0 radical (unpaired) electrons. The van der Waals surface area contributed by atoms with Crippen molar-refractivity contribution in [2.75, 3.05) is 4.90 Å². The van der Waals surface area contributed by atoms with E-state index in [-0.39, 0.29) is 0 Å². The average molecular weight is 752 g/mol. The third kappa shape index (κ3) is 7.01. The summed E-state index contributed by atoms with van der Waals surface area (Å²) in [7, 11) is 0. The highest BCUT2D eigenvalue weighted by Gasteiger charge is 2.24. The molecule has 0 spiro atoms. The van der Waals surface area contributed by atoms with E-state index in [0.29, 0.717) is 0 Å². The minimum atomic E-state index is 1.07. The summed E-state index contributed by atoms with van der Waals surface area (Å²) < 4.78 is 0. The molecule has 0 unspecified atom stereocenters. The van der Waals surface area contributed by atoms with Crippen LogP contribution in [0.1, 0.15) is 0 Å². The molecule has 1 heteroatoms. The molecule has 0 aliphatic rings. The summed E-state index contributed by atoms with van der Waals surface area (Å²) in [5, 5.41) is 2.49. The van der Waals surface area contributed by atoms with Gasteiger partial charge in [0.15, 0.2) is 0 Å². The van der Waals surface area contributed by atoms with Gasteiger partial charge < -0.3 is 4.90 Å². The van der Waals surface area contributed by atoms with Crippen molar-refractivity contribution in [3.63, 3.8) is 0 Å². The van der Waals surface area contributed by atoms with Crippen LogP contribution in [0, 0.1) is 0 Å². The predicted molar refractivity (Wildman–Crippen MR) is 251 cm³/mol. The van der Waals surface area contributed by atoms with Crippen molar-refractivity contribution in [2.24, 2.45) is 0 Å². The highest BCUT2D eigenvalue weighted by Crippen LogP contribution is 2.50. The van der Waals surface area contributed by atoms with E-state index < -0.39 is 0 Å². The lowest BCUT2D eigenvalue weighted by molar-refractivity contribution is 1.28. The van der Waals surface area contributed by atoms with Crippen molar-refractivity contribution in [3.8, 4) is 66.8 Å². The molecule has 0 saturated carbocycles. The number of rotatable bonds is 9. The lowest BCUT2D eigenvalue weighted by Crippen LogP contribution is -2.13. The molecule has 1 nitrogen and oxygen atoms in total. The lowest BCUT2D eigenvalue weighted by atomic mass is 9.87. The van der Waals surface area contributed by atoms with Crippen LogP contribution in [0.4, 0.5) is 17.1 Å². The molecule has 278 valence electrons. The van der Waals surface area contributed by atoms with E-state index in [2.05, 4.69) is 254 Å². The maximum absolute atomic E-state index is 2.47. The Balaban J connectivity index is 1.22. The summed E-state index contributed by atoms with van der Waals surface area (Å²) in [6.45, 7) is 0. The van der Waals surface area contributed by atoms with Crippen molar-refractivity contribution in [1.82, 2.24) is 0 Å². The van der Waals surface area contributed by atoms with Crippen LogP contribution in [0.25, 0.3) is 77.5 Å². The Bertz CT molecular complexity index is 3000. The first-order chi connectivity index (χ1) is 29.3. The minimum Gasteiger partial charge on any atom is -0.309 e. The second kappa shape index (κ2) is 16.0. The molecule has 10 aromatic rings. The zero-order valence-corrected chi connectivity index (χ0v) is 32.6. The fourth-order valence-corrected chi connectivity index (χ4v) is 8.50. The van der Waals surface area contributed by atoms with E-state index in [1.807, 2.05) is 0 Å². The Morgan fingerprint density at radius 2 is 0.627 bits per heavy atom. The van der Waals surface area contributed by atoms with Crippen LogP contribution in [-0.2, 0) is 0 Å². The zero-order valence-electron chi connectivity index (χ0n) is 32.6. The van der Waals surface area contributed by atoms with Gasteiger partial charge in [-0.1, -0.05) is 224 Å². The largest absolute Gasteiger partial charge is 0.309 e. The standard InChI is InChI=1S/C58H41N/c1-4-18-42(19-5-1)43-34-36-48(37-35-43)53-28-14-15-32-56(53)59(49-40-38-47(39-41-49)51-30-16-25-45-24-10-11-26-50(45)51)57-33-17-31-54(46-22-8-3-9-23-46)58(57)55-29-13-12-27-52(55)44-20-6-2-7-21-44/h1-41H. The van der Waals surface area contributed by atoms with Gasteiger partial charge in [0.2, 0.25) is 0 Å². The van der Waals surface area contributed by atoms with E-state index in [1.54, 1.807) is 0 Å². The topological polar surface area (TPSA) is 3.24 Å². The summed E-state index contributed by atoms with van der Waals surface area (Å²) in [5.74, 6) is 0. The Morgan fingerprint density at radius 1 is 0.220 bits per heavy atom. The molecule has 0 atom stereocenters. The Hall–Kier alpha value is -7.74. The van der Waals surface area contributed by atoms with Crippen molar-refractivity contribution >= 4 is 27.8 Å². The van der Waals surface area contributed by atoms with Crippen molar-refractivity contribution < 1.29 is 0 Å². The predicted octanol–water partition coefficient (Wildman–Crippen LogP) is 16.3. The Morgan fingerprint density at radius 3 is 1.34 bits per heavy atom. The first kappa shape index (κ1) is 35.7. The third-order valence-corrected chi connectivity index (χ3v) is 11.3. The van der Waals surface area contributed by atoms with Gasteiger partial charge in [-0.05, 0) is 90.7 Å². The van der Waals surface area contributed by atoms with Crippen LogP contribution in [0.15, 0.2) is 249 Å². The molecule has 10 aromatic carbocycles. The first-order valence-corrected chi connectivity index (χ1v) is 20.3. The van der Waals surface area contributed by atoms with Gasteiger partial charge in [-0.3, -0.25) is 0 Å². The minimum absolute atomic E-state index is 1.07. The average Bonchev–Trinajstić information content (AvgIpc) is 3.33. The highest BCUT2D eigenvalue weighted by atomic mass is 15.1. The molecular formula is C58H41N. The molecule has 0 saturated heterocycles. The van der Waals surface area contributed by atoms with Gasteiger partial charge in [0.1, 0.15) is 0 Å². The number of nitrogens with zero attached hydrogens (tertiary/aromatic N) is 1. The summed E-state index contributed by atoms with van der Waals surface area (Å²) in [6, 6.07) is 89.9. The third-order valence-electron chi connectivity index (χ3n) is 11.3. The molecule has 0 aromatic heterocycles. The quantitative estimate of drug-likeness (QED) is 0.142. The van der Waals surface area contributed by atoms with Crippen LogP contribution in [0.5, 0.6) is 0 Å². The maximum atomic E-state index is 2.47. The van der Waals surface area contributed by atoms with Gasteiger partial charge in [0.25, 0.3) is 0 Å². The maximum Gasteiger partial charge on any atom is 0.0546 e. The highest BCUT2D eigenvalue weighted by molar-refractivity contribution is 6.03. The van der Waals surface area contributed by atoms with E-state index >= 15 is 0 Å². The molecule has 0 bridgehead atoms. The molecule has 59 heavy (non-hydrogen) atoms. The molecule has 0 fully saturated rings. The molecule has 0 aliphatic heterocycles. The fraction of sp³-hybridized carbons (Fsp3) is 0. The molecule has 0 amide bonds. The monoisotopic (exact) mass is 751 g/mol.